The molecule has 1 unspecified atom stereocenters. The van der Waals surface area contributed by atoms with Gasteiger partial charge in [-0.1, -0.05) is 30.3 Å². The van der Waals surface area contributed by atoms with Gasteiger partial charge in [-0.05, 0) is 18.4 Å². The normalized spacial score (nSPS) is 20.6. The molecular weight excluding hydrogens is 306 g/mol. The Labute approximate surface area is 139 Å². The van der Waals surface area contributed by atoms with Crippen LogP contribution in [-0.2, 0) is 24.2 Å². The highest BCUT2D eigenvalue weighted by atomic mass is 16.2. The molecule has 0 spiro atoms. The molecule has 2 aromatic rings. The molecule has 24 heavy (non-hydrogen) atoms. The van der Waals surface area contributed by atoms with Crippen molar-refractivity contribution in [3.63, 3.8) is 0 Å². The van der Waals surface area contributed by atoms with Crippen molar-refractivity contribution >= 4 is 17.9 Å². The maximum Gasteiger partial charge on any atom is 0.334 e. The smallest absolute Gasteiger partial charge is 0.315 e. The monoisotopic (exact) mass is 325 g/mol. The van der Waals surface area contributed by atoms with Crippen molar-refractivity contribution in [1.82, 2.24) is 19.7 Å². The van der Waals surface area contributed by atoms with Gasteiger partial charge < -0.3 is 4.90 Å². The Balaban J connectivity index is 1.61. The lowest BCUT2D eigenvalue weighted by atomic mass is 10.1. The zero-order valence-electron chi connectivity index (χ0n) is 13.6. The molecule has 2 aliphatic heterocycles. The molecule has 2 aliphatic rings. The third-order valence-electron chi connectivity index (χ3n) is 4.70. The van der Waals surface area contributed by atoms with E-state index in [1.165, 1.54) is 4.90 Å². The molecule has 0 radical (unpaired) electrons. The van der Waals surface area contributed by atoms with Crippen LogP contribution in [0.4, 0.5) is 10.7 Å². The molecular formula is C17H19N5O2. The topological polar surface area (TPSA) is 71.3 Å². The molecule has 3 heterocycles. The summed E-state index contributed by atoms with van der Waals surface area (Å²) in [5.41, 5.74) is 1.02. The fourth-order valence-electron chi connectivity index (χ4n) is 3.31. The van der Waals surface area contributed by atoms with Gasteiger partial charge in [-0.25, -0.2) is 9.48 Å². The minimum Gasteiger partial charge on any atom is -0.315 e. The maximum atomic E-state index is 12.8. The van der Waals surface area contributed by atoms with Gasteiger partial charge in [0.1, 0.15) is 11.9 Å². The third-order valence-corrected chi connectivity index (χ3v) is 4.70. The molecule has 1 aromatic carbocycles. The average Bonchev–Trinajstić information content (AvgIpc) is 3.11. The van der Waals surface area contributed by atoms with E-state index in [0.717, 1.165) is 42.1 Å². The first-order valence-electron chi connectivity index (χ1n) is 8.23. The van der Waals surface area contributed by atoms with Crippen LogP contribution in [-0.4, -0.2) is 44.7 Å². The largest absolute Gasteiger partial charge is 0.334 e. The van der Waals surface area contributed by atoms with Crippen LogP contribution < -0.4 is 4.90 Å². The summed E-state index contributed by atoms with van der Waals surface area (Å²) in [7, 11) is 1.66. The van der Waals surface area contributed by atoms with E-state index < -0.39 is 6.04 Å². The van der Waals surface area contributed by atoms with Crippen LogP contribution in [0.15, 0.2) is 30.3 Å². The molecule has 4 rings (SSSR count). The SMILES string of the molecule is CN1C(=O)N(c2nc3n(n2)CCCC3)C(=O)C1Cc1ccccc1. The van der Waals surface area contributed by atoms with Crippen LogP contribution in [0, 0.1) is 0 Å². The number of fused-ring (bicyclic) bond motifs is 1. The Hall–Kier alpha value is -2.70. The van der Waals surface area contributed by atoms with Crippen molar-refractivity contribution in [3.05, 3.63) is 41.7 Å². The van der Waals surface area contributed by atoms with Crippen LogP contribution in [0.2, 0.25) is 0 Å². The highest BCUT2D eigenvalue weighted by molar-refractivity contribution is 6.20. The van der Waals surface area contributed by atoms with Gasteiger partial charge in [-0.3, -0.25) is 4.79 Å². The van der Waals surface area contributed by atoms with Crippen LogP contribution >= 0.6 is 0 Å². The number of urea groups is 1. The summed E-state index contributed by atoms with van der Waals surface area (Å²) >= 11 is 0. The molecule has 124 valence electrons. The first-order chi connectivity index (χ1) is 11.6. The first-order valence-corrected chi connectivity index (χ1v) is 8.23. The second kappa shape index (κ2) is 5.74. The molecule has 3 amide bonds. The Morgan fingerprint density at radius 3 is 2.71 bits per heavy atom. The summed E-state index contributed by atoms with van der Waals surface area (Å²) in [6.07, 6.45) is 3.45. The number of hydrogen-bond donors (Lipinski definition) is 0. The number of carbonyl (C=O) groups excluding carboxylic acids is 2. The Kier molecular flexibility index (Phi) is 3.55. The molecule has 1 atom stereocenters. The summed E-state index contributed by atoms with van der Waals surface area (Å²) in [6, 6.07) is 8.84. The summed E-state index contributed by atoms with van der Waals surface area (Å²) in [6.45, 7) is 0.793. The number of imide groups is 1. The minimum atomic E-state index is -0.513. The van der Waals surface area contributed by atoms with Gasteiger partial charge in [-0.15, -0.1) is 5.10 Å². The number of benzene rings is 1. The predicted octanol–water partition coefficient (Wildman–Crippen LogP) is 1.62. The first kappa shape index (κ1) is 14.9. The second-order valence-corrected chi connectivity index (χ2v) is 6.28. The van der Waals surface area contributed by atoms with E-state index >= 15 is 0 Å². The molecule has 0 saturated carbocycles. The summed E-state index contributed by atoms with van der Waals surface area (Å²) < 4.78 is 1.81. The van der Waals surface area contributed by atoms with E-state index in [4.69, 9.17) is 0 Å². The lowest BCUT2D eigenvalue weighted by molar-refractivity contribution is -0.119. The van der Waals surface area contributed by atoms with Gasteiger partial charge >= 0.3 is 6.03 Å². The highest BCUT2D eigenvalue weighted by Gasteiger charge is 2.45. The van der Waals surface area contributed by atoms with Gasteiger partial charge in [0.25, 0.3) is 11.9 Å². The van der Waals surface area contributed by atoms with Crippen LogP contribution in [0.5, 0.6) is 0 Å². The van der Waals surface area contributed by atoms with E-state index in [0.29, 0.717) is 6.42 Å². The standard InChI is InChI=1S/C17H19N5O2/c1-20-13(11-12-7-3-2-4-8-12)15(23)22(17(20)24)16-18-14-9-5-6-10-21(14)19-16/h2-4,7-8,13H,5-6,9-11H2,1H3. The number of hydrogen-bond acceptors (Lipinski definition) is 4. The van der Waals surface area contributed by atoms with Crippen molar-refractivity contribution < 1.29 is 9.59 Å². The number of rotatable bonds is 3. The molecule has 7 nitrogen and oxygen atoms in total. The molecule has 0 aliphatic carbocycles. The second-order valence-electron chi connectivity index (χ2n) is 6.28. The summed E-state index contributed by atoms with van der Waals surface area (Å²) in [5.74, 6) is 0.810. The Bertz CT molecular complexity index is 762. The van der Waals surface area contributed by atoms with Crippen molar-refractivity contribution in [3.8, 4) is 0 Å². The van der Waals surface area contributed by atoms with Crippen molar-refractivity contribution in [1.29, 1.82) is 0 Å². The number of aromatic nitrogens is 3. The molecule has 1 fully saturated rings. The minimum absolute atomic E-state index is 0.212. The maximum absolute atomic E-state index is 12.8. The van der Waals surface area contributed by atoms with Crippen LogP contribution in [0.1, 0.15) is 24.2 Å². The molecule has 7 heteroatoms. The summed E-state index contributed by atoms with van der Waals surface area (Å²) in [4.78, 5) is 32.4. The number of likely N-dealkylation sites (N-methyl/N-ethyl adjacent to an activating group) is 1. The Morgan fingerprint density at radius 2 is 1.96 bits per heavy atom. The number of nitrogens with zero attached hydrogens (tertiary/aromatic N) is 5. The van der Waals surface area contributed by atoms with Crippen molar-refractivity contribution in [2.24, 2.45) is 0 Å². The molecule has 0 N–H and O–H groups in total. The van der Waals surface area contributed by atoms with E-state index in [1.807, 2.05) is 35.0 Å². The van der Waals surface area contributed by atoms with Crippen molar-refractivity contribution in [2.45, 2.75) is 38.3 Å². The summed E-state index contributed by atoms with van der Waals surface area (Å²) in [5, 5.41) is 4.37. The quantitative estimate of drug-likeness (QED) is 0.804. The van der Waals surface area contributed by atoms with Gasteiger partial charge in [0.15, 0.2) is 0 Å². The van der Waals surface area contributed by atoms with Gasteiger partial charge in [0.2, 0.25) is 0 Å². The highest BCUT2D eigenvalue weighted by Crippen LogP contribution is 2.25. The number of amides is 3. The van der Waals surface area contributed by atoms with Crippen molar-refractivity contribution in [2.75, 3.05) is 11.9 Å². The van der Waals surface area contributed by atoms with E-state index in [-0.39, 0.29) is 17.9 Å². The fraction of sp³-hybridized carbons (Fsp3) is 0.412. The fourth-order valence-corrected chi connectivity index (χ4v) is 3.31. The van der Waals surface area contributed by atoms with Crippen LogP contribution in [0.25, 0.3) is 0 Å². The van der Waals surface area contributed by atoms with Gasteiger partial charge in [0.05, 0.1) is 0 Å². The lowest BCUT2D eigenvalue weighted by Gasteiger charge is -2.15. The Morgan fingerprint density at radius 1 is 1.17 bits per heavy atom. The van der Waals surface area contributed by atoms with E-state index in [9.17, 15) is 9.59 Å². The zero-order valence-corrected chi connectivity index (χ0v) is 13.6. The van der Waals surface area contributed by atoms with Gasteiger partial charge in [0, 0.05) is 26.4 Å². The third kappa shape index (κ3) is 2.36. The van der Waals surface area contributed by atoms with Gasteiger partial charge in [-0.2, -0.15) is 9.88 Å². The lowest BCUT2D eigenvalue weighted by Crippen LogP contribution is -2.33. The molecule has 1 saturated heterocycles. The molecule has 0 bridgehead atoms. The predicted molar refractivity (Wildman–Crippen MR) is 87.5 cm³/mol. The van der Waals surface area contributed by atoms with Crippen LogP contribution in [0.3, 0.4) is 0 Å². The molecule has 1 aromatic heterocycles. The number of aryl methyl sites for hydroxylation is 2. The van der Waals surface area contributed by atoms with E-state index in [2.05, 4.69) is 10.1 Å². The average molecular weight is 325 g/mol. The van der Waals surface area contributed by atoms with E-state index in [1.54, 1.807) is 7.05 Å². The number of anilines is 1. The zero-order chi connectivity index (χ0) is 16.7. The number of carbonyl (C=O) groups is 2.